The van der Waals surface area contributed by atoms with E-state index in [4.69, 9.17) is 5.26 Å². The van der Waals surface area contributed by atoms with Crippen LogP contribution in [0.15, 0.2) is 147 Å². The Morgan fingerprint density at radius 2 is 0.837 bits per heavy atom. The summed E-state index contributed by atoms with van der Waals surface area (Å²) in [5.74, 6) is 0. The summed E-state index contributed by atoms with van der Waals surface area (Å²) in [5, 5.41) is 15.0. The maximum absolute atomic E-state index is 7.32. The van der Waals surface area contributed by atoms with Crippen LogP contribution in [0.4, 0.5) is 0 Å². The maximum Gasteiger partial charge on any atom is 0.0587 e. The lowest BCUT2D eigenvalue weighted by Gasteiger charge is -2.14. The summed E-state index contributed by atoms with van der Waals surface area (Å²) in [6.45, 7) is 13.4. The highest BCUT2D eigenvalue weighted by atomic mass is 14.2. The number of fused-ring (bicyclic) bond motifs is 6. The standard InChI is InChI=1S/C40H32.C2H3N/c1-5-27(6-2)29-13-17-31(18-14-29)33-21-23-37-38-24-22-34(32-19-15-30(16-20-32)28(7-3)8-4)26-40(38)36-12-10-9-11-35(36)39(37)25-33;1-2-3/h5-26H,1,3H2,2,4H3;1H3/b27-6+,28-8+;. The first-order valence-electron chi connectivity index (χ1n) is 14.5. The molecule has 0 atom stereocenters. The zero-order chi connectivity index (χ0) is 30.3. The maximum atomic E-state index is 7.32. The van der Waals surface area contributed by atoms with E-state index < -0.39 is 0 Å². The quantitative estimate of drug-likeness (QED) is 0.149. The predicted octanol–water partition coefficient (Wildman–Crippen LogP) is 12.2. The molecule has 6 aromatic carbocycles. The molecule has 0 radical (unpaired) electrons. The molecule has 0 aromatic heterocycles. The van der Waals surface area contributed by atoms with Crippen molar-refractivity contribution in [2.45, 2.75) is 20.8 Å². The van der Waals surface area contributed by atoms with Crippen molar-refractivity contribution in [2.24, 2.45) is 0 Å². The summed E-state index contributed by atoms with van der Waals surface area (Å²) in [4.78, 5) is 0. The molecule has 0 unspecified atom stereocenters. The van der Waals surface area contributed by atoms with Crippen LogP contribution in [0.1, 0.15) is 31.9 Å². The predicted molar refractivity (Wildman–Crippen MR) is 189 cm³/mol. The third kappa shape index (κ3) is 5.69. The molecule has 0 aliphatic heterocycles. The topological polar surface area (TPSA) is 23.8 Å². The number of hydrogen-bond donors (Lipinski definition) is 0. The van der Waals surface area contributed by atoms with Gasteiger partial charge in [-0.2, -0.15) is 5.26 Å². The molecular formula is C42H35N. The van der Waals surface area contributed by atoms with Crippen molar-refractivity contribution in [1.29, 1.82) is 5.26 Å². The van der Waals surface area contributed by atoms with E-state index in [1.54, 1.807) is 6.07 Å². The normalized spacial score (nSPS) is 11.6. The van der Waals surface area contributed by atoms with Gasteiger partial charge in [-0.15, -0.1) is 0 Å². The molecule has 0 aliphatic rings. The van der Waals surface area contributed by atoms with E-state index >= 15 is 0 Å². The number of nitrogens with zero attached hydrogens (tertiary/aromatic N) is 1. The number of allylic oxidation sites excluding steroid dienone is 6. The fourth-order valence-electron chi connectivity index (χ4n) is 5.83. The van der Waals surface area contributed by atoms with Gasteiger partial charge >= 0.3 is 0 Å². The minimum atomic E-state index is 1.15. The van der Waals surface area contributed by atoms with E-state index in [1.807, 2.05) is 26.0 Å². The van der Waals surface area contributed by atoms with E-state index in [-0.39, 0.29) is 0 Å². The van der Waals surface area contributed by atoms with Crippen LogP contribution in [-0.2, 0) is 0 Å². The van der Waals surface area contributed by atoms with E-state index in [0.29, 0.717) is 0 Å². The lowest BCUT2D eigenvalue weighted by Crippen LogP contribution is -1.87. The molecule has 0 aliphatic carbocycles. The highest BCUT2D eigenvalue weighted by Gasteiger charge is 2.12. The van der Waals surface area contributed by atoms with Crippen LogP contribution in [0.5, 0.6) is 0 Å². The molecule has 0 saturated heterocycles. The van der Waals surface area contributed by atoms with E-state index in [1.165, 1.54) is 72.6 Å². The monoisotopic (exact) mass is 553 g/mol. The lowest BCUT2D eigenvalue weighted by molar-refractivity contribution is 1.49. The van der Waals surface area contributed by atoms with Gasteiger partial charge in [0.2, 0.25) is 0 Å². The Labute approximate surface area is 255 Å². The van der Waals surface area contributed by atoms with Gasteiger partial charge < -0.3 is 0 Å². The number of rotatable bonds is 6. The second kappa shape index (κ2) is 13.0. The Hall–Kier alpha value is -5.45. The molecule has 0 amide bonds. The molecular weight excluding hydrogens is 518 g/mol. The first-order valence-corrected chi connectivity index (χ1v) is 14.5. The summed E-state index contributed by atoms with van der Waals surface area (Å²) in [5.41, 5.74) is 9.55. The molecule has 1 nitrogen and oxygen atoms in total. The second-order valence-electron chi connectivity index (χ2n) is 10.3. The lowest BCUT2D eigenvalue weighted by atomic mass is 9.90. The van der Waals surface area contributed by atoms with Crippen molar-refractivity contribution in [3.8, 4) is 28.3 Å². The Morgan fingerprint density at radius 1 is 0.512 bits per heavy atom. The average molecular weight is 554 g/mol. The van der Waals surface area contributed by atoms with E-state index in [2.05, 4.69) is 135 Å². The van der Waals surface area contributed by atoms with Crippen LogP contribution in [-0.4, -0.2) is 0 Å². The van der Waals surface area contributed by atoms with Crippen molar-refractivity contribution in [1.82, 2.24) is 0 Å². The summed E-state index contributed by atoms with van der Waals surface area (Å²) >= 11 is 0. The number of nitriles is 1. The van der Waals surface area contributed by atoms with Crippen LogP contribution in [0.3, 0.4) is 0 Å². The van der Waals surface area contributed by atoms with Crippen LogP contribution in [0.25, 0.3) is 65.7 Å². The molecule has 1 heteroatoms. The van der Waals surface area contributed by atoms with Gasteiger partial charge in [-0.1, -0.05) is 135 Å². The molecule has 6 aromatic rings. The molecule has 0 saturated carbocycles. The highest BCUT2D eigenvalue weighted by Crippen LogP contribution is 2.39. The SMILES string of the molecule is C=C/C(=C\C)c1ccc(-c2ccc3c4ccc(-c5ccc(/C(C=C)=C/C)cc5)cc4c4ccccc4c3c2)cc1.CC#N. The van der Waals surface area contributed by atoms with E-state index in [9.17, 15) is 0 Å². The fourth-order valence-corrected chi connectivity index (χ4v) is 5.83. The Kier molecular flexibility index (Phi) is 8.80. The minimum Gasteiger partial charge on any atom is -0.199 e. The summed E-state index contributed by atoms with van der Waals surface area (Å²) in [7, 11) is 0. The van der Waals surface area contributed by atoms with Gasteiger partial charge in [0.05, 0.1) is 6.07 Å². The van der Waals surface area contributed by atoms with E-state index in [0.717, 1.165) is 11.1 Å². The van der Waals surface area contributed by atoms with Gasteiger partial charge in [-0.05, 0) is 103 Å². The minimum absolute atomic E-state index is 1.15. The van der Waals surface area contributed by atoms with Gasteiger partial charge in [0, 0.05) is 6.92 Å². The second-order valence-corrected chi connectivity index (χ2v) is 10.3. The average Bonchev–Trinajstić information content (AvgIpc) is 3.06. The third-order valence-corrected chi connectivity index (χ3v) is 8.00. The van der Waals surface area contributed by atoms with Gasteiger partial charge in [0.15, 0.2) is 0 Å². The van der Waals surface area contributed by atoms with Crippen molar-refractivity contribution < 1.29 is 0 Å². The first kappa shape index (κ1) is 29.1. The Balaban J connectivity index is 0.00000118. The van der Waals surface area contributed by atoms with Crippen LogP contribution in [0.2, 0.25) is 0 Å². The molecule has 6 rings (SSSR count). The molecule has 43 heavy (non-hydrogen) atoms. The van der Waals surface area contributed by atoms with Crippen molar-refractivity contribution in [3.05, 3.63) is 158 Å². The van der Waals surface area contributed by atoms with Crippen LogP contribution < -0.4 is 0 Å². The largest absolute Gasteiger partial charge is 0.199 e. The number of hydrogen-bond acceptors (Lipinski definition) is 1. The van der Waals surface area contributed by atoms with Gasteiger partial charge in [-0.25, -0.2) is 0 Å². The molecule has 0 N–H and O–H groups in total. The van der Waals surface area contributed by atoms with Gasteiger partial charge in [0.25, 0.3) is 0 Å². The molecule has 0 heterocycles. The van der Waals surface area contributed by atoms with Crippen molar-refractivity contribution >= 4 is 43.5 Å². The van der Waals surface area contributed by atoms with Gasteiger partial charge in [-0.3, -0.25) is 0 Å². The van der Waals surface area contributed by atoms with Crippen molar-refractivity contribution in [2.75, 3.05) is 0 Å². The summed E-state index contributed by atoms with van der Waals surface area (Å²) < 4.78 is 0. The highest BCUT2D eigenvalue weighted by molar-refractivity contribution is 6.26. The Bertz CT molecular complexity index is 1900. The fraction of sp³-hybridized carbons (Fsp3) is 0.0714. The summed E-state index contributed by atoms with van der Waals surface area (Å²) in [6, 6.07) is 41.9. The van der Waals surface area contributed by atoms with Crippen LogP contribution >= 0.6 is 0 Å². The molecule has 0 spiro atoms. The zero-order valence-corrected chi connectivity index (χ0v) is 25.1. The Morgan fingerprint density at radius 3 is 1.16 bits per heavy atom. The molecule has 0 bridgehead atoms. The van der Waals surface area contributed by atoms with Gasteiger partial charge in [0.1, 0.15) is 0 Å². The first-order chi connectivity index (χ1) is 21.1. The molecule has 0 fully saturated rings. The summed E-state index contributed by atoms with van der Waals surface area (Å²) in [6.07, 6.45) is 8.01. The zero-order valence-electron chi connectivity index (χ0n) is 25.1. The molecule has 208 valence electrons. The third-order valence-electron chi connectivity index (χ3n) is 8.00. The van der Waals surface area contributed by atoms with Crippen molar-refractivity contribution in [3.63, 3.8) is 0 Å². The van der Waals surface area contributed by atoms with Crippen LogP contribution in [0, 0.1) is 11.3 Å². The smallest absolute Gasteiger partial charge is 0.0587 e. The number of benzene rings is 6.